The van der Waals surface area contributed by atoms with E-state index in [0.717, 1.165) is 16.7 Å². The Morgan fingerprint density at radius 1 is 1.10 bits per heavy atom. The smallest absolute Gasteiger partial charge is 0.290 e. The fraction of sp³-hybridized carbons (Fsp3) is 0.250. The van der Waals surface area contributed by atoms with E-state index in [1.54, 1.807) is 11.0 Å². The van der Waals surface area contributed by atoms with Gasteiger partial charge < -0.3 is 14.9 Å². The number of ketones is 1. The minimum Gasteiger partial charge on any atom is -0.503 e. The molecule has 1 aliphatic heterocycles. The predicted octanol–water partition coefficient (Wildman–Crippen LogP) is 3.53. The van der Waals surface area contributed by atoms with E-state index in [1.807, 2.05) is 80.5 Å². The number of nitrogens with zero attached hydrogens (tertiary/aromatic N) is 2. The zero-order chi connectivity index (χ0) is 21.0. The highest BCUT2D eigenvalue weighted by Crippen LogP contribution is 2.37. The summed E-state index contributed by atoms with van der Waals surface area (Å²) >= 11 is 0. The van der Waals surface area contributed by atoms with Gasteiger partial charge in [-0.3, -0.25) is 9.59 Å². The minimum absolute atomic E-state index is 0.129. The first-order chi connectivity index (χ1) is 13.9. The van der Waals surface area contributed by atoms with Crippen molar-refractivity contribution in [3.63, 3.8) is 0 Å². The zero-order valence-electron chi connectivity index (χ0n) is 17.0. The van der Waals surface area contributed by atoms with Crippen LogP contribution in [0.15, 0.2) is 72.0 Å². The lowest BCUT2D eigenvalue weighted by molar-refractivity contribution is -0.129. The molecule has 1 atom stereocenters. The van der Waals surface area contributed by atoms with Gasteiger partial charge in [0.15, 0.2) is 11.5 Å². The molecule has 2 aromatic carbocycles. The summed E-state index contributed by atoms with van der Waals surface area (Å²) < 4.78 is 0. The largest absolute Gasteiger partial charge is 0.503 e. The summed E-state index contributed by atoms with van der Waals surface area (Å²) in [5, 5.41) is 10.6. The Labute approximate surface area is 171 Å². The summed E-state index contributed by atoms with van der Waals surface area (Å²) in [5.74, 6) is -1.33. The Bertz CT molecular complexity index is 944. The Balaban J connectivity index is 1.97. The molecular weight excluding hydrogens is 364 g/mol. The molecule has 5 nitrogen and oxygen atoms in total. The molecule has 0 saturated heterocycles. The van der Waals surface area contributed by atoms with Crippen LogP contribution < -0.4 is 0 Å². The maximum absolute atomic E-state index is 13.0. The van der Waals surface area contributed by atoms with Crippen molar-refractivity contribution in [3.8, 4) is 0 Å². The van der Waals surface area contributed by atoms with Crippen LogP contribution in [0.4, 0.5) is 0 Å². The van der Waals surface area contributed by atoms with Gasteiger partial charge in [0.2, 0.25) is 0 Å². The number of rotatable bonds is 7. The summed E-state index contributed by atoms with van der Waals surface area (Å²) in [4.78, 5) is 29.3. The predicted molar refractivity (Wildman–Crippen MR) is 114 cm³/mol. The lowest BCUT2D eigenvalue weighted by atomic mass is 9.95. The van der Waals surface area contributed by atoms with Crippen LogP contribution in [0.3, 0.4) is 0 Å². The molecule has 0 radical (unpaired) electrons. The number of aliphatic hydroxyl groups excluding tert-OH is 1. The highest BCUT2D eigenvalue weighted by Gasteiger charge is 2.42. The van der Waals surface area contributed by atoms with Crippen molar-refractivity contribution in [2.24, 2.45) is 0 Å². The number of amides is 1. The molecule has 1 heterocycles. The molecule has 0 bridgehead atoms. The lowest BCUT2D eigenvalue weighted by Gasteiger charge is -2.27. The van der Waals surface area contributed by atoms with Crippen molar-refractivity contribution in [3.05, 3.63) is 88.7 Å². The SMILES string of the molecule is Cc1ccc(C2C(C(=O)C=Cc3ccccc3)=C(O)C(=O)N2CCN(C)C)cc1. The summed E-state index contributed by atoms with van der Waals surface area (Å²) in [7, 11) is 3.84. The van der Waals surface area contributed by atoms with Crippen LogP contribution >= 0.6 is 0 Å². The molecule has 3 rings (SSSR count). The van der Waals surface area contributed by atoms with E-state index >= 15 is 0 Å². The average molecular weight is 390 g/mol. The topological polar surface area (TPSA) is 60.9 Å². The normalized spacial score (nSPS) is 17.0. The van der Waals surface area contributed by atoms with Crippen LogP contribution in [-0.4, -0.2) is 53.8 Å². The number of hydrogen-bond acceptors (Lipinski definition) is 4. The quantitative estimate of drug-likeness (QED) is 0.735. The molecule has 1 aliphatic rings. The monoisotopic (exact) mass is 390 g/mol. The third-order valence-electron chi connectivity index (χ3n) is 4.98. The van der Waals surface area contributed by atoms with Gasteiger partial charge in [-0.25, -0.2) is 0 Å². The Morgan fingerprint density at radius 2 is 1.76 bits per heavy atom. The highest BCUT2D eigenvalue weighted by atomic mass is 16.3. The number of hydrogen-bond donors (Lipinski definition) is 1. The summed E-state index contributed by atoms with van der Waals surface area (Å²) in [6.45, 7) is 3.02. The van der Waals surface area contributed by atoms with Gasteiger partial charge in [-0.15, -0.1) is 0 Å². The lowest BCUT2D eigenvalue weighted by Crippen LogP contribution is -2.36. The van der Waals surface area contributed by atoms with Gasteiger partial charge >= 0.3 is 0 Å². The fourth-order valence-electron chi connectivity index (χ4n) is 3.36. The molecule has 1 unspecified atom stereocenters. The Kier molecular flexibility index (Phi) is 6.29. The molecule has 1 amide bonds. The second-order valence-corrected chi connectivity index (χ2v) is 7.49. The molecule has 0 aromatic heterocycles. The number of allylic oxidation sites excluding steroid dienone is 1. The number of carbonyl (C=O) groups excluding carboxylic acids is 2. The first kappa shape index (κ1) is 20.6. The summed E-state index contributed by atoms with van der Waals surface area (Å²) in [6.07, 6.45) is 3.12. The maximum Gasteiger partial charge on any atom is 0.290 e. The number of carbonyl (C=O) groups is 2. The van der Waals surface area contributed by atoms with Crippen molar-refractivity contribution in [2.75, 3.05) is 27.2 Å². The van der Waals surface area contributed by atoms with E-state index in [0.29, 0.717) is 13.1 Å². The molecule has 2 aromatic rings. The van der Waals surface area contributed by atoms with Crippen molar-refractivity contribution in [1.82, 2.24) is 9.80 Å². The van der Waals surface area contributed by atoms with Crippen LogP contribution in [0.5, 0.6) is 0 Å². The van der Waals surface area contributed by atoms with E-state index in [2.05, 4.69) is 0 Å². The third kappa shape index (κ3) is 4.63. The first-order valence-electron chi connectivity index (χ1n) is 9.61. The molecule has 5 heteroatoms. The second-order valence-electron chi connectivity index (χ2n) is 7.49. The molecule has 29 heavy (non-hydrogen) atoms. The fourth-order valence-corrected chi connectivity index (χ4v) is 3.36. The van der Waals surface area contributed by atoms with E-state index in [-0.39, 0.29) is 11.4 Å². The zero-order valence-corrected chi connectivity index (χ0v) is 17.0. The standard InChI is InChI=1S/C24H26N2O3/c1-17-9-12-19(13-10-17)22-21(20(27)14-11-18-7-5-4-6-8-18)23(28)24(29)26(22)16-15-25(2)3/h4-14,22,28H,15-16H2,1-3H3. The highest BCUT2D eigenvalue weighted by molar-refractivity contribution is 6.14. The van der Waals surface area contributed by atoms with Gasteiger partial charge in [0.05, 0.1) is 11.6 Å². The van der Waals surface area contributed by atoms with E-state index in [4.69, 9.17) is 0 Å². The van der Waals surface area contributed by atoms with Gasteiger partial charge in [0.1, 0.15) is 0 Å². The Hall–Kier alpha value is -3.18. The number of aryl methyl sites for hydroxylation is 1. The van der Waals surface area contributed by atoms with Gasteiger partial charge in [0.25, 0.3) is 5.91 Å². The van der Waals surface area contributed by atoms with Crippen molar-refractivity contribution >= 4 is 17.8 Å². The van der Waals surface area contributed by atoms with Crippen LogP contribution in [0.2, 0.25) is 0 Å². The maximum atomic E-state index is 13.0. The minimum atomic E-state index is -0.601. The average Bonchev–Trinajstić information content (AvgIpc) is 2.96. The van der Waals surface area contributed by atoms with Crippen LogP contribution in [0.25, 0.3) is 6.08 Å². The van der Waals surface area contributed by atoms with Crippen molar-refractivity contribution in [1.29, 1.82) is 0 Å². The molecule has 150 valence electrons. The third-order valence-corrected chi connectivity index (χ3v) is 4.98. The van der Waals surface area contributed by atoms with Crippen LogP contribution in [0.1, 0.15) is 22.7 Å². The number of aliphatic hydroxyl groups is 1. The van der Waals surface area contributed by atoms with Gasteiger partial charge in [0, 0.05) is 13.1 Å². The van der Waals surface area contributed by atoms with E-state index < -0.39 is 17.7 Å². The van der Waals surface area contributed by atoms with Crippen LogP contribution in [0, 0.1) is 6.92 Å². The second kappa shape index (κ2) is 8.88. The Morgan fingerprint density at radius 3 is 2.38 bits per heavy atom. The number of benzene rings is 2. The summed E-state index contributed by atoms with van der Waals surface area (Å²) in [5.41, 5.74) is 2.90. The van der Waals surface area contributed by atoms with Gasteiger partial charge in [-0.1, -0.05) is 66.2 Å². The number of likely N-dealkylation sites (N-methyl/N-ethyl adjacent to an activating group) is 1. The molecule has 0 fully saturated rings. The molecule has 0 saturated carbocycles. The molecule has 1 N–H and O–H groups in total. The van der Waals surface area contributed by atoms with E-state index in [9.17, 15) is 14.7 Å². The van der Waals surface area contributed by atoms with Gasteiger partial charge in [-0.2, -0.15) is 0 Å². The molecular formula is C24H26N2O3. The molecule has 0 spiro atoms. The van der Waals surface area contributed by atoms with E-state index in [1.165, 1.54) is 6.08 Å². The van der Waals surface area contributed by atoms with Crippen molar-refractivity contribution in [2.45, 2.75) is 13.0 Å². The van der Waals surface area contributed by atoms with Crippen molar-refractivity contribution < 1.29 is 14.7 Å². The van der Waals surface area contributed by atoms with Crippen LogP contribution in [-0.2, 0) is 9.59 Å². The van der Waals surface area contributed by atoms with Gasteiger partial charge in [-0.05, 0) is 38.2 Å². The summed E-state index contributed by atoms with van der Waals surface area (Å²) in [6, 6.07) is 16.6. The first-order valence-corrected chi connectivity index (χ1v) is 9.61. The molecule has 0 aliphatic carbocycles.